The van der Waals surface area contributed by atoms with Crippen molar-refractivity contribution in [1.82, 2.24) is 10.3 Å². The van der Waals surface area contributed by atoms with Crippen molar-refractivity contribution in [2.75, 3.05) is 5.73 Å². The molecule has 1 saturated carbocycles. The van der Waals surface area contributed by atoms with Gasteiger partial charge in [0.1, 0.15) is 0 Å². The number of pyridine rings is 1. The molecule has 0 spiro atoms. The van der Waals surface area contributed by atoms with E-state index in [0.717, 1.165) is 12.0 Å². The number of rotatable bonds is 3. The molecule has 0 aliphatic heterocycles. The smallest absolute Gasteiger partial charge is 0.404 e. The first-order chi connectivity index (χ1) is 10.0. The maximum absolute atomic E-state index is 11.0. The number of nitrogen functional groups attached to an aromatic ring is 1. The zero-order valence-corrected chi connectivity index (χ0v) is 11.7. The quantitative estimate of drug-likeness (QED) is 0.447. The number of carbonyl (C=O) groups is 1. The summed E-state index contributed by atoms with van der Waals surface area (Å²) in [6.07, 6.45) is 3.49. The van der Waals surface area contributed by atoms with Crippen molar-refractivity contribution >= 4 is 11.8 Å². The van der Waals surface area contributed by atoms with Gasteiger partial charge >= 0.3 is 6.09 Å². The van der Waals surface area contributed by atoms with Crippen LogP contribution in [0.1, 0.15) is 31.2 Å². The van der Waals surface area contributed by atoms with Gasteiger partial charge in [0.25, 0.3) is 0 Å². The Morgan fingerprint density at radius 3 is 3.00 bits per heavy atom. The second-order valence-electron chi connectivity index (χ2n) is 5.40. The zero-order chi connectivity index (χ0) is 15.4. The number of amides is 1. The molecule has 21 heavy (non-hydrogen) atoms. The molecule has 1 heterocycles. The molecule has 1 fully saturated rings. The standard InChI is InChI=1S/C13H18N6O2/c1-7-4-8(9-2-3-16-6-10(9)14)5-11(17-13(20)21)12(7)18-19-15/h2-3,6-8,11-12,17H,4-5,14H2,1H3,(H,20,21)/t7-,8+,11+,12+/m0/s1. The van der Waals surface area contributed by atoms with E-state index in [2.05, 4.69) is 20.3 Å². The van der Waals surface area contributed by atoms with E-state index in [4.69, 9.17) is 16.4 Å². The van der Waals surface area contributed by atoms with Crippen LogP contribution in [-0.4, -0.2) is 28.3 Å². The summed E-state index contributed by atoms with van der Waals surface area (Å²) in [5.74, 6) is 0.175. The number of azide groups is 1. The van der Waals surface area contributed by atoms with Crippen molar-refractivity contribution in [3.05, 3.63) is 34.5 Å². The summed E-state index contributed by atoms with van der Waals surface area (Å²) in [4.78, 5) is 17.8. The largest absolute Gasteiger partial charge is 0.465 e. The molecule has 4 atom stereocenters. The lowest BCUT2D eigenvalue weighted by atomic mass is 9.73. The SMILES string of the molecule is C[C@H]1C[C@@H](c2ccncc2N)C[C@@H](NC(=O)O)[C@@H]1N=[N+]=[N-]. The Labute approximate surface area is 122 Å². The van der Waals surface area contributed by atoms with Gasteiger partial charge in [-0.25, -0.2) is 4.79 Å². The minimum absolute atomic E-state index is 0.0593. The van der Waals surface area contributed by atoms with Gasteiger partial charge in [0, 0.05) is 17.2 Å². The predicted octanol–water partition coefficient (Wildman–Crippen LogP) is 2.49. The molecular formula is C13H18N6O2. The van der Waals surface area contributed by atoms with Crippen LogP contribution in [0.15, 0.2) is 23.6 Å². The molecule has 0 saturated heterocycles. The minimum atomic E-state index is -1.12. The number of hydrogen-bond donors (Lipinski definition) is 3. The van der Waals surface area contributed by atoms with Crippen molar-refractivity contribution < 1.29 is 9.90 Å². The van der Waals surface area contributed by atoms with Gasteiger partial charge in [0.15, 0.2) is 0 Å². The van der Waals surface area contributed by atoms with E-state index in [9.17, 15) is 4.79 Å². The van der Waals surface area contributed by atoms with Gasteiger partial charge in [-0.3, -0.25) is 4.98 Å². The third kappa shape index (κ3) is 3.35. The molecule has 4 N–H and O–H groups in total. The molecule has 0 bridgehead atoms. The first kappa shape index (κ1) is 14.9. The number of anilines is 1. The highest BCUT2D eigenvalue weighted by molar-refractivity contribution is 5.65. The number of carboxylic acid groups (broad SMARTS) is 1. The molecule has 1 amide bonds. The van der Waals surface area contributed by atoms with Crippen LogP contribution in [0.2, 0.25) is 0 Å². The average molecular weight is 290 g/mol. The first-order valence-electron chi connectivity index (χ1n) is 6.76. The van der Waals surface area contributed by atoms with E-state index in [1.165, 1.54) is 0 Å². The molecular weight excluding hydrogens is 272 g/mol. The number of nitrogens with two attached hydrogens (primary N) is 1. The molecule has 0 aromatic carbocycles. The highest BCUT2D eigenvalue weighted by atomic mass is 16.4. The molecule has 0 radical (unpaired) electrons. The fourth-order valence-electron chi connectivity index (χ4n) is 3.13. The van der Waals surface area contributed by atoms with Crippen molar-refractivity contribution in [2.45, 2.75) is 37.8 Å². The van der Waals surface area contributed by atoms with E-state index in [0.29, 0.717) is 12.1 Å². The maximum Gasteiger partial charge on any atom is 0.404 e. The van der Waals surface area contributed by atoms with Crippen molar-refractivity contribution in [2.24, 2.45) is 11.0 Å². The van der Waals surface area contributed by atoms with Crippen LogP contribution in [0.3, 0.4) is 0 Å². The molecule has 112 valence electrons. The van der Waals surface area contributed by atoms with Gasteiger partial charge in [-0.2, -0.15) is 0 Å². The van der Waals surface area contributed by atoms with E-state index in [1.807, 2.05) is 13.0 Å². The maximum atomic E-state index is 11.0. The summed E-state index contributed by atoms with van der Waals surface area (Å²) < 4.78 is 0. The number of hydrogen-bond acceptors (Lipinski definition) is 4. The van der Waals surface area contributed by atoms with Gasteiger partial charge in [0.05, 0.1) is 17.9 Å². The topological polar surface area (TPSA) is 137 Å². The lowest BCUT2D eigenvalue weighted by molar-refractivity contribution is 0.172. The number of nitrogens with zero attached hydrogens (tertiary/aromatic N) is 4. The van der Waals surface area contributed by atoms with E-state index < -0.39 is 12.1 Å². The van der Waals surface area contributed by atoms with Gasteiger partial charge in [-0.1, -0.05) is 12.0 Å². The Morgan fingerprint density at radius 2 is 2.38 bits per heavy atom. The second kappa shape index (κ2) is 6.32. The monoisotopic (exact) mass is 290 g/mol. The van der Waals surface area contributed by atoms with Gasteiger partial charge in [-0.05, 0) is 41.8 Å². The summed E-state index contributed by atoms with van der Waals surface area (Å²) in [6, 6.07) is 1.06. The first-order valence-corrected chi connectivity index (χ1v) is 6.76. The normalized spacial score (nSPS) is 28.4. The minimum Gasteiger partial charge on any atom is -0.465 e. The summed E-state index contributed by atoms with van der Waals surface area (Å²) in [6.45, 7) is 1.96. The molecule has 1 aliphatic carbocycles. The van der Waals surface area contributed by atoms with Crippen LogP contribution in [0.25, 0.3) is 10.4 Å². The average Bonchev–Trinajstić information content (AvgIpc) is 2.42. The molecule has 1 aliphatic rings. The Balaban J connectivity index is 2.26. The Morgan fingerprint density at radius 1 is 1.62 bits per heavy atom. The second-order valence-corrected chi connectivity index (χ2v) is 5.40. The highest BCUT2D eigenvalue weighted by Crippen LogP contribution is 2.39. The Kier molecular flexibility index (Phi) is 4.49. The van der Waals surface area contributed by atoms with E-state index in [1.54, 1.807) is 12.4 Å². The van der Waals surface area contributed by atoms with E-state index >= 15 is 0 Å². The van der Waals surface area contributed by atoms with Crippen molar-refractivity contribution in [3.63, 3.8) is 0 Å². The van der Waals surface area contributed by atoms with Crippen LogP contribution in [0, 0.1) is 5.92 Å². The summed E-state index contributed by atoms with van der Waals surface area (Å²) in [7, 11) is 0. The zero-order valence-electron chi connectivity index (χ0n) is 11.7. The van der Waals surface area contributed by atoms with Crippen LogP contribution in [-0.2, 0) is 0 Å². The molecule has 2 rings (SSSR count). The molecule has 8 heteroatoms. The van der Waals surface area contributed by atoms with Crippen molar-refractivity contribution in [1.29, 1.82) is 0 Å². The highest BCUT2D eigenvalue weighted by Gasteiger charge is 2.37. The Hall–Kier alpha value is -2.47. The third-order valence-corrected chi connectivity index (χ3v) is 4.01. The van der Waals surface area contributed by atoms with Crippen LogP contribution >= 0.6 is 0 Å². The number of aromatic nitrogens is 1. The third-order valence-electron chi connectivity index (χ3n) is 4.01. The number of nitrogens with one attached hydrogen (secondary N) is 1. The Bertz CT molecular complexity index is 572. The van der Waals surface area contributed by atoms with Crippen LogP contribution in [0.5, 0.6) is 0 Å². The van der Waals surface area contributed by atoms with Crippen molar-refractivity contribution in [3.8, 4) is 0 Å². The summed E-state index contributed by atoms with van der Waals surface area (Å²) >= 11 is 0. The lowest BCUT2D eigenvalue weighted by Crippen LogP contribution is -2.48. The summed E-state index contributed by atoms with van der Waals surface area (Å²) in [5, 5.41) is 15.2. The summed E-state index contributed by atoms with van der Waals surface area (Å²) in [5.41, 5.74) is 16.2. The molecule has 1 aromatic rings. The molecule has 1 aromatic heterocycles. The molecule has 0 unspecified atom stereocenters. The molecule has 8 nitrogen and oxygen atoms in total. The van der Waals surface area contributed by atoms with Gasteiger partial charge in [0.2, 0.25) is 0 Å². The van der Waals surface area contributed by atoms with Gasteiger partial charge < -0.3 is 16.2 Å². The van der Waals surface area contributed by atoms with Gasteiger partial charge in [-0.15, -0.1) is 0 Å². The lowest BCUT2D eigenvalue weighted by Gasteiger charge is -2.38. The fraction of sp³-hybridized carbons (Fsp3) is 0.538. The van der Waals surface area contributed by atoms with E-state index in [-0.39, 0.29) is 17.9 Å². The van der Waals surface area contributed by atoms with Crippen LogP contribution < -0.4 is 11.1 Å². The van der Waals surface area contributed by atoms with Crippen LogP contribution in [0.4, 0.5) is 10.5 Å². The predicted molar refractivity (Wildman–Crippen MR) is 77.7 cm³/mol. The fourth-order valence-corrected chi connectivity index (χ4v) is 3.13.